The second kappa shape index (κ2) is 7.62. The minimum Gasteiger partial charge on any atom is -0.302 e. The number of carbonyl (C=O) groups is 1. The first-order valence-corrected chi connectivity index (χ1v) is 11.4. The number of hydrogen-bond donors (Lipinski definition) is 1. The molecule has 1 aromatic heterocycles. The molecule has 2 heterocycles. The summed E-state index contributed by atoms with van der Waals surface area (Å²) >= 11 is 1.44. The van der Waals surface area contributed by atoms with Gasteiger partial charge in [0.15, 0.2) is 5.13 Å². The van der Waals surface area contributed by atoms with Gasteiger partial charge in [-0.25, -0.2) is 13.4 Å². The Balaban J connectivity index is 1.39. The van der Waals surface area contributed by atoms with E-state index >= 15 is 0 Å². The summed E-state index contributed by atoms with van der Waals surface area (Å²) in [5, 5.41) is 3.48. The molecule has 28 heavy (non-hydrogen) atoms. The summed E-state index contributed by atoms with van der Waals surface area (Å²) in [6.45, 7) is 2.61. The Labute approximate surface area is 168 Å². The lowest BCUT2D eigenvalue weighted by Gasteiger charge is -2.30. The summed E-state index contributed by atoms with van der Waals surface area (Å²) in [5.41, 5.74) is 1.88. The summed E-state index contributed by atoms with van der Waals surface area (Å²) in [7, 11) is -3.51. The van der Waals surface area contributed by atoms with Gasteiger partial charge < -0.3 is 5.32 Å². The number of fused-ring (bicyclic) bond motifs is 1. The zero-order valence-corrected chi connectivity index (χ0v) is 17.1. The number of nitrogens with zero attached hydrogens (tertiary/aromatic N) is 2. The van der Waals surface area contributed by atoms with Crippen LogP contribution in [0, 0.1) is 12.8 Å². The van der Waals surface area contributed by atoms with Gasteiger partial charge in [-0.15, -0.1) is 0 Å². The van der Waals surface area contributed by atoms with Gasteiger partial charge in [0.2, 0.25) is 15.9 Å². The van der Waals surface area contributed by atoms with Gasteiger partial charge in [0.1, 0.15) is 0 Å². The molecule has 4 rings (SSSR count). The quantitative estimate of drug-likeness (QED) is 0.705. The lowest BCUT2D eigenvalue weighted by Crippen LogP contribution is -2.41. The first-order chi connectivity index (χ1) is 13.4. The zero-order valence-electron chi connectivity index (χ0n) is 15.5. The van der Waals surface area contributed by atoms with Crippen molar-refractivity contribution in [2.75, 3.05) is 18.4 Å². The second-order valence-corrected chi connectivity index (χ2v) is 9.94. The Kier molecular flexibility index (Phi) is 5.18. The van der Waals surface area contributed by atoms with Crippen molar-refractivity contribution in [1.29, 1.82) is 0 Å². The molecule has 1 saturated heterocycles. The van der Waals surface area contributed by atoms with Crippen LogP contribution in [0.25, 0.3) is 10.2 Å². The number of anilines is 1. The molecule has 8 heteroatoms. The average Bonchev–Trinajstić information content (AvgIpc) is 3.10. The second-order valence-electron chi connectivity index (χ2n) is 6.97. The topological polar surface area (TPSA) is 79.4 Å². The molecule has 1 amide bonds. The molecule has 1 N–H and O–H groups in total. The Morgan fingerprint density at radius 1 is 1.11 bits per heavy atom. The number of hydrogen-bond acceptors (Lipinski definition) is 5. The molecule has 2 aromatic carbocycles. The lowest BCUT2D eigenvalue weighted by molar-refractivity contribution is -0.120. The van der Waals surface area contributed by atoms with E-state index in [1.807, 2.05) is 31.2 Å². The van der Waals surface area contributed by atoms with Crippen LogP contribution in [-0.4, -0.2) is 36.7 Å². The molecule has 3 aromatic rings. The zero-order chi connectivity index (χ0) is 19.7. The van der Waals surface area contributed by atoms with Gasteiger partial charge in [-0.3, -0.25) is 4.79 Å². The number of amides is 1. The first-order valence-electron chi connectivity index (χ1n) is 9.17. The molecular formula is C20H21N3O3S2. The van der Waals surface area contributed by atoms with Gasteiger partial charge >= 0.3 is 0 Å². The molecule has 0 saturated carbocycles. The van der Waals surface area contributed by atoms with Crippen molar-refractivity contribution < 1.29 is 13.2 Å². The van der Waals surface area contributed by atoms with E-state index in [1.165, 1.54) is 15.6 Å². The van der Waals surface area contributed by atoms with E-state index < -0.39 is 10.0 Å². The maximum absolute atomic E-state index is 12.8. The maximum atomic E-state index is 12.8. The Morgan fingerprint density at radius 2 is 1.79 bits per heavy atom. The molecule has 0 bridgehead atoms. The number of aryl methyl sites for hydroxylation is 1. The van der Waals surface area contributed by atoms with E-state index in [0.717, 1.165) is 15.8 Å². The number of para-hydroxylation sites is 1. The molecule has 0 radical (unpaired) electrons. The third kappa shape index (κ3) is 3.80. The fraction of sp³-hybridized carbons (Fsp3) is 0.300. The predicted molar refractivity (Wildman–Crippen MR) is 111 cm³/mol. The monoisotopic (exact) mass is 415 g/mol. The van der Waals surface area contributed by atoms with Gasteiger partial charge in [0, 0.05) is 19.0 Å². The molecule has 1 fully saturated rings. The summed E-state index contributed by atoms with van der Waals surface area (Å²) in [6.07, 6.45) is 1.00. The predicted octanol–water partition coefficient (Wildman–Crippen LogP) is 3.64. The SMILES string of the molecule is Cc1ccc(S(=O)(=O)N2CCC(C(=O)Nc3nc4ccccc4s3)CC2)cc1. The molecular weight excluding hydrogens is 394 g/mol. The van der Waals surface area contributed by atoms with E-state index in [2.05, 4.69) is 10.3 Å². The van der Waals surface area contributed by atoms with E-state index in [4.69, 9.17) is 0 Å². The lowest BCUT2D eigenvalue weighted by atomic mass is 9.97. The summed E-state index contributed by atoms with van der Waals surface area (Å²) < 4.78 is 28.1. The number of nitrogens with one attached hydrogen (secondary N) is 1. The highest BCUT2D eigenvalue weighted by Crippen LogP contribution is 2.28. The molecule has 0 unspecified atom stereocenters. The first kappa shape index (κ1) is 19.0. The van der Waals surface area contributed by atoms with E-state index in [0.29, 0.717) is 36.0 Å². The largest absolute Gasteiger partial charge is 0.302 e. The molecule has 146 valence electrons. The van der Waals surface area contributed by atoms with Crippen LogP contribution in [0.1, 0.15) is 18.4 Å². The standard InChI is InChI=1S/C20H21N3O3S2/c1-14-6-8-16(9-7-14)28(25,26)23-12-10-15(11-13-23)19(24)22-20-21-17-4-2-3-5-18(17)27-20/h2-9,15H,10-13H2,1H3,(H,21,22,24). The highest BCUT2D eigenvalue weighted by molar-refractivity contribution is 7.89. The Hall–Kier alpha value is -2.29. The summed E-state index contributed by atoms with van der Waals surface area (Å²) in [5.74, 6) is -0.303. The van der Waals surface area contributed by atoms with E-state index in [-0.39, 0.29) is 11.8 Å². The van der Waals surface area contributed by atoms with Crippen LogP contribution < -0.4 is 5.32 Å². The summed E-state index contributed by atoms with van der Waals surface area (Å²) in [6, 6.07) is 14.6. The third-order valence-electron chi connectivity index (χ3n) is 5.01. The van der Waals surface area contributed by atoms with Gasteiger partial charge in [0.25, 0.3) is 0 Å². The van der Waals surface area contributed by atoms with E-state index in [1.54, 1.807) is 24.3 Å². The third-order valence-corrected chi connectivity index (χ3v) is 7.87. The number of thiazole rings is 1. The summed E-state index contributed by atoms with van der Waals surface area (Å²) in [4.78, 5) is 17.3. The van der Waals surface area contributed by atoms with Crippen LogP contribution in [0.2, 0.25) is 0 Å². The number of benzene rings is 2. The molecule has 1 aliphatic rings. The van der Waals surface area contributed by atoms with Crippen LogP contribution in [0.4, 0.5) is 5.13 Å². The smallest absolute Gasteiger partial charge is 0.243 e. The normalized spacial score (nSPS) is 16.3. The number of sulfonamides is 1. The van der Waals surface area contributed by atoms with Crippen LogP contribution in [0.3, 0.4) is 0 Å². The number of piperidine rings is 1. The molecule has 1 aliphatic heterocycles. The fourth-order valence-electron chi connectivity index (χ4n) is 3.35. The van der Waals surface area contributed by atoms with Crippen molar-refractivity contribution in [1.82, 2.24) is 9.29 Å². The number of aromatic nitrogens is 1. The fourth-order valence-corrected chi connectivity index (χ4v) is 5.69. The van der Waals surface area contributed by atoms with E-state index in [9.17, 15) is 13.2 Å². The molecule has 6 nitrogen and oxygen atoms in total. The maximum Gasteiger partial charge on any atom is 0.243 e. The highest BCUT2D eigenvalue weighted by atomic mass is 32.2. The number of rotatable bonds is 4. The number of carbonyl (C=O) groups excluding carboxylic acids is 1. The average molecular weight is 416 g/mol. The van der Waals surface area contributed by atoms with Crippen molar-refractivity contribution in [3.63, 3.8) is 0 Å². The van der Waals surface area contributed by atoms with Gasteiger partial charge in [-0.1, -0.05) is 41.2 Å². The van der Waals surface area contributed by atoms with Crippen molar-refractivity contribution in [3.05, 3.63) is 54.1 Å². The highest BCUT2D eigenvalue weighted by Gasteiger charge is 2.32. The van der Waals surface area contributed by atoms with Crippen LogP contribution in [0.5, 0.6) is 0 Å². The van der Waals surface area contributed by atoms with Crippen molar-refractivity contribution >= 4 is 42.6 Å². The minimum atomic E-state index is -3.51. The van der Waals surface area contributed by atoms with Crippen molar-refractivity contribution in [2.45, 2.75) is 24.7 Å². The van der Waals surface area contributed by atoms with Gasteiger partial charge in [-0.05, 0) is 44.0 Å². The minimum absolute atomic E-state index is 0.0913. The van der Waals surface area contributed by atoms with Crippen LogP contribution >= 0.6 is 11.3 Å². The van der Waals surface area contributed by atoms with Crippen LogP contribution in [0.15, 0.2) is 53.4 Å². The van der Waals surface area contributed by atoms with Gasteiger partial charge in [0.05, 0.1) is 15.1 Å². The van der Waals surface area contributed by atoms with Crippen molar-refractivity contribution in [3.8, 4) is 0 Å². The van der Waals surface area contributed by atoms with Crippen molar-refractivity contribution in [2.24, 2.45) is 5.92 Å². The van der Waals surface area contributed by atoms with Crippen LogP contribution in [-0.2, 0) is 14.8 Å². The Morgan fingerprint density at radius 3 is 2.46 bits per heavy atom. The van der Waals surface area contributed by atoms with Gasteiger partial charge in [-0.2, -0.15) is 4.31 Å². The molecule has 0 atom stereocenters. The molecule has 0 aliphatic carbocycles. The Bertz CT molecular complexity index is 1070. The molecule has 0 spiro atoms.